The molecule has 1 spiro atoms. The lowest BCUT2D eigenvalue weighted by atomic mass is 10.0. The van der Waals surface area contributed by atoms with Crippen molar-refractivity contribution in [2.45, 2.75) is 18.6 Å². The molecule has 1 aromatic carbocycles. The van der Waals surface area contributed by atoms with E-state index >= 15 is 0 Å². The van der Waals surface area contributed by atoms with Crippen molar-refractivity contribution in [1.29, 1.82) is 0 Å². The van der Waals surface area contributed by atoms with Gasteiger partial charge in [-0.25, -0.2) is 0 Å². The van der Waals surface area contributed by atoms with Crippen LogP contribution >= 0.6 is 0 Å². The van der Waals surface area contributed by atoms with Gasteiger partial charge in [-0.1, -0.05) is 0 Å². The highest BCUT2D eigenvalue weighted by Gasteiger charge is 2.40. The Hall–Kier alpha value is -1.50. The molecular weight excluding hydrogens is 294 g/mol. The van der Waals surface area contributed by atoms with Crippen LogP contribution in [0.25, 0.3) is 0 Å². The van der Waals surface area contributed by atoms with Crippen molar-refractivity contribution in [2.75, 3.05) is 68.1 Å². The third-order valence-corrected chi connectivity index (χ3v) is 5.07. The van der Waals surface area contributed by atoms with Crippen LogP contribution in [0.15, 0.2) is 18.2 Å². The van der Waals surface area contributed by atoms with E-state index in [0.29, 0.717) is 13.2 Å². The van der Waals surface area contributed by atoms with Gasteiger partial charge in [0.05, 0.1) is 37.8 Å². The summed E-state index contributed by atoms with van der Waals surface area (Å²) in [5.41, 5.74) is 9.44. The molecule has 0 unspecified atom stereocenters. The van der Waals surface area contributed by atoms with Gasteiger partial charge in [-0.05, 0) is 18.2 Å². The molecule has 0 amide bonds. The summed E-state index contributed by atoms with van der Waals surface area (Å²) < 4.78 is 17.1. The van der Waals surface area contributed by atoms with Crippen LogP contribution in [-0.2, 0) is 14.2 Å². The number of ether oxygens (including phenoxy) is 3. The summed E-state index contributed by atoms with van der Waals surface area (Å²) in [4.78, 5) is 4.72. The first kappa shape index (κ1) is 15.1. The highest BCUT2D eigenvalue weighted by atomic mass is 16.7. The largest absolute Gasteiger partial charge is 0.397 e. The summed E-state index contributed by atoms with van der Waals surface area (Å²) in [6, 6.07) is 6.35. The summed E-state index contributed by atoms with van der Waals surface area (Å²) in [6.07, 6.45) is 1.79. The van der Waals surface area contributed by atoms with E-state index in [1.165, 1.54) is 5.69 Å². The van der Waals surface area contributed by atoms with Crippen LogP contribution < -0.4 is 15.5 Å². The van der Waals surface area contributed by atoms with Gasteiger partial charge >= 0.3 is 0 Å². The van der Waals surface area contributed by atoms with Crippen molar-refractivity contribution in [2.24, 2.45) is 0 Å². The molecule has 0 aromatic heterocycles. The SMILES string of the molecule is Nc1ccc(N2CCOCC2)cc1N1CCC2(CC1)OCCO2. The van der Waals surface area contributed by atoms with E-state index in [1.807, 2.05) is 6.07 Å². The van der Waals surface area contributed by atoms with Crippen LogP contribution in [0.4, 0.5) is 17.1 Å². The van der Waals surface area contributed by atoms with Crippen LogP contribution in [0.3, 0.4) is 0 Å². The van der Waals surface area contributed by atoms with Gasteiger partial charge in [0.1, 0.15) is 0 Å². The highest BCUT2D eigenvalue weighted by Crippen LogP contribution is 2.36. The van der Waals surface area contributed by atoms with Gasteiger partial charge in [-0.15, -0.1) is 0 Å². The zero-order valence-electron chi connectivity index (χ0n) is 13.5. The van der Waals surface area contributed by atoms with Gasteiger partial charge in [-0.3, -0.25) is 0 Å². The summed E-state index contributed by atoms with van der Waals surface area (Å²) in [5, 5.41) is 0. The van der Waals surface area contributed by atoms with Gasteiger partial charge in [0.15, 0.2) is 5.79 Å². The Morgan fingerprint density at radius 2 is 1.57 bits per heavy atom. The molecule has 6 heteroatoms. The topological polar surface area (TPSA) is 60.2 Å². The summed E-state index contributed by atoms with van der Waals surface area (Å²) >= 11 is 0. The van der Waals surface area contributed by atoms with Crippen LogP contribution in [0.2, 0.25) is 0 Å². The van der Waals surface area contributed by atoms with Crippen LogP contribution in [0.5, 0.6) is 0 Å². The predicted molar refractivity (Wildman–Crippen MR) is 90.0 cm³/mol. The molecule has 0 radical (unpaired) electrons. The Labute approximate surface area is 137 Å². The Morgan fingerprint density at radius 1 is 0.870 bits per heavy atom. The van der Waals surface area contributed by atoms with E-state index in [9.17, 15) is 0 Å². The molecule has 6 nitrogen and oxygen atoms in total. The first-order valence-electron chi connectivity index (χ1n) is 8.51. The number of hydrogen-bond donors (Lipinski definition) is 1. The molecule has 3 aliphatic heterocycles. The molecule has 0 saturated carbocycles. The van der Waals surface area contributed by atoms with E-state index < -0.39 is 0 Å². The zero-order valence-corrected chi connectivity index (χ0v) is 13.5. The van der Waals surface area contributed by atoms with Gasteiger partial charge in [0.25, 0.3) is 0 Å². The molecule has 1 aromatic rings. The first-order chi connectivity index (χ1) is 11.3. The molecule has 126 valence electrons. The number of nitrogen functional groups attached to an aromatic ring is 1. The molecule has 3 heterocycles. The van der Waals surface area contributed by atoms with E-state index in [4.69, 9.17) is 19.9 Å². The second-order valence-corrected chi connectivity index (χ2v) is 6.44. The lowest BCUT2D eigenvalue weighted by Crippen LogP contribution is -2.45. The maximum Gasteiger partial charge on any atom is 0.171 e. The van der Waals surface area contributed by atoms with Crippen molar-refractivity contribution >= 4 is 17.1 Å². The first-order valence-corrected chi connectivity index (χ1v) is 8.51. The Balaban J connectivity index is 1.49. The fourth-order valence-corrected chi connectivity index (χ4v) is 3.70. The molecule has 2 N–H and O–H groups in total. The Morgan fingerprint density at radius 3 is 2.26 bits per heavy atom. The molecule has 3 fully saturated rings. The minimum absolute atomic E-state index is 0.340. The number of anilines is 3. The average molecular weight is 319 g/mol. The van der Waals surface area contributed by atoms with Crippen molar-refractivity contribution in [1.82, 2.24) is 0 Å². The molecule has 0 bridgehead atoms. The normalized spacial score (nSPS) is 24.3. The van der Waals surface area contributed by atoms with E-state index in [2.05, 4.69) is 21.9 Å². The second-order valence-electron chi connectivity index (χ2n) is 6.44. The fourth-order valence-electron chi connectivity index (χ4n) is 3.70. The van der Waals surface area contributed by atoms with Gasteiger partial charge in [0.2, 0.25) is 0 Å². The zero-order chi connectivity index (χ0) is 15.7. The van der Waals surface area contributed by atoms with Crippen molar-refractivity contribution < 1.29 is 14.2 Å². The summed E-state index contributed by atoms with van der Waals surface area (Å²) in [5.74, 6) is -0.340. The smallest absolute Gasteiger partial charge is 0.171 e. The quantitative estimate of drug-likeness (QED) is 0.833. The number of nitrogens with two attached hydrogens (primary N) is 1. The number of morpholine rings is 1. The number of hydrogen-bond acceptors (Lipinski definition) is 6. The molecule has 23 heavy (non-hydrogen) atoms. The maximum atomic E-state index is 6.25. The fraction of sp³-hybridized carbons (Fsp3) is 0.647. The van der Waals surface area contributed by atoms with E-state index in [-0.39, 0.29) is 5.79 Å². The minimum atomic E-state index is -0.340. The maximum absolute atomic E-state index is 6.25. The summed E-state index contributed by atoms with van der Waals surface area (Å²) in [7, 11) is 0. The number of rotatable bonds is 2. The molecular formula is C17H25N3O3. The third-order valence-electron chi connectivity index (χ3n) is 5.07. The van der Waals surface area contributed by atoms with Crippen LogP contribution in [0.1, 0.15) is 12.8 Å². The molecule has 3 aliphatic rings. The molecule has 0 aliphatic carbocycles. The Kier molecular flexibility index (Phi) is 4.05. The monoisotopic (exact) mass is 319 g/mol. The Bertz CT molecular complexity index is 544. The average Bonchev–Trinajstić information content (AvgIpc) is 3.05. The lowest BCUT2D eigenvalue weighted by Gasteiger charge is -2.39. The number of benzene rings is 1. The third kappa shape index (κ3) is 2.98. The van der Waals surface area contributed by atoms with Gasteiger partial charge < -0.3 is 29.7 Å². The standard InChI is InChI=1S/C17H25N3O3/c18-15-2-1-14(19-7-9-21-10-8-19)13-16(15)20-5-3-17(4-6-20)22-11-12-23-17/h1-2,13H,3-12,18H2. The molecule has 4 rings (SSSR count). The van der Waals surface area contributed by atoms with Crippen LogP contribution in [-0.4, -0.2) is 58.4 Å². The molecule has 0 atom stereocenters. The van der Waals surface area contributed by atoms with Crippen molar-refractivity contribution in [3.05, 3.63) is 18.2 Å². The van der Waals surface area contributed by atoms with E-state index in [1.54, 1.807) is 0 Å². The molecule has 3 saturated heterocycles. The minimum Gasteiger partial charge on any atom is -0.397 e. The predicted octanol–water partition coefficient (Wildman–Crippen LogP) is 1.45. The van der Waals surface area contributed by atoms with Gasteiger partial charge in [0, 0.05) is 44.7 Å². The summed E-state index contributed by atoms with van der Waals surface area (Å²) in [6.45, 7) is 6.72. The lowest BCUT2D eigenvalue weighted by molar-refractivity contribution is -0.169. The van der Waals surface area contributed by atoms with Crippen LogP contribution in [0, 0.1) is 0 Å². The van der Waals surface area contributed by atoms with Crippen molar-refractivity contribution in [3.63, 3.8) is 0 Å². The van der Waals surface area contributed by atoms with Gasteiger partial charge in [-0.2, -0.15) is 0 Å². The number of piperidine rings is 1. The van der Waals surface area contributed by atoms with E-state index in [0.717, 1.165) is 63.6 Å². The highest BCUT2D eigenvalue weighted by molar-refractivity contribution is 5.73. The van der Waals surface area contributed by atoms with Crippen molar-refractivity contribution in [3.8, 4) is 0 Å². The number of nitrogens with zero attached hydrogens (tertiary/aromatic N) is 2. The second kappa shape index (κ2) is 6.19.